The van der Waals surface area contributed by atoms with Crippen molar-refractivity contribution in [3.8, 4) is 5.75 Å². The number of nitrogens with zero attached hydrogens (tertiary/aromatic N) is 3. The van der Waals surface area contributed by atoms with Crippen LogP contribution in [0.4, 0.5) is 5.82 Å². The van der Waals surface area contributed by atoms with Gasteiger partial charge >= 0.3 is 0 Å². The molecule has 1 aliphatic rings. The maximum Gasteiger partial charge on any atom is 0.267 e. The zero-order chi connectivity index (χ0) is 16.0. The van der Waals surface area contributed by atoms with Crippen molar-refractivity contribution in [1.82, 2.24) is 9.97 Å². The summed E-state index contributed by atoms with van der Waals surface area (Å²) in [6.45, 7) is 3.84. The number of sulfonamides is 1. The lowest BCUT2D eigenvalue weighted by molar-refractivity contribution is 0.109. The molecular weight excluding hydrogens is 370 g/mol. The van der Waals surface area contributed by atoms with Crippen molar-refractivity contribution in [1.29, 1.82) is 0 Å². The number of halogens is 1. The first kappa shape index (κ1) is 15.2. The van der Waals surface area contributed by atoms with Gasteiger partial charge in [-0.05, 0) is 48.0 Å². The number of fused-ring (bicyclic) bond motifs is 1. The first-order valence-electron chi connectivity index (χ1n) is 6.57. The van der Waals surface area contributed by atoms with Crippen LogP contribution in [0, 0.1) is 0 Å². The van der Waals surface area contributed by atoms with Crippen LogP contribution in [0.1, 0.15) is 13.8 Å². The number of hydrogen-bond acceptors (Lipinski definition) is 5. The summed E-state index contributed by atoms with van der Waals surface area (Å²) in [5.41, 5.74) is -0.662. The fraction of sp³-hybridized carbons (Fsp3) is 0.286. The Morgan fingerprint density at radius 2 is 2.14 bits per heavy atom. The molecule has 0 atom stereocenters. The Labute approximate surface area is 137 Å². The van der Waals surface area contributed by atoms with Gasteiger partial charge in [0.25, 0.3) is 10.0 Å². The minimum absolute atomic E-state index is 0.128. The van der Waals surface area contributed by atoms with Crippen LogP contribution < -0.4 is 9.04 Å². The van der Waals surface area contributed by atoms with Gasteiger partial charge < -0.3 is 4.74 Å². The summed E-state index contributed by atoms with van der Waals surface area (Å²) in [6, 6.07) is 4.83. The zero-order valence-electron chi connectivity index (χ0n) is 12.0. The molecule has 3 heterocycles. The van der Waals surface area contributed by atoms with Crippen LogP contribution in [-0.4, -0.2) is 30.5 Å². The minimum Gasteiger partial charge on any atom is -0.482 e. The minimum atomic E-state index is -3.75. The highest BCUT2D eigenvalue weighted by molar-refractivity contribution is 9.10. The molecule has 0 N–H and O–H groups in total. The Kier molecular flexibility index (Phi) is 3.60. The molecule has 0 aliphatic carbocycles. The normalized spacial score (nSPS) is 16.8. The molecule has 0 bridgehead atoms. The van der Waals surface area contributed by atoms with E-state index in [1.54, 1.807) is 18.3 Å². The monoisotopic (exact) mass is 383 g/mol. The van der Waals surface area contributed by atoms with E-state index in [2.05, 4.69) is 25.9 Å². The maximum atomic E-state index is 12.9. The van der Waals surface area contributed by atoms with Crippen LogP contribution in [0.25, 0.3) is 0 Å². The van der Waals surface area contributed by atoms with Crippen LogP contribution in [0.5, 0.6) is 5.75 Å². The Hall–Kier alpha value is -1.67. The van der Waals surface area contributed by atoms with Crippen molar-refractivity contribution in [2.45, 2.75) is 24.3 Å². The molecule has 1 aliphatic heterocycles. The van der Waals surface area contributed by atoms with Gasteiger partial charge in [-0.3, -0.25) is 4.98 Å². The van der Waals surface area contributed by atoms with Gasteiger partial charge in [-0.25, -0.2) is 17.7 Å². The summed E-state index contributed by atoms with van der Waals surface area (Å²) < 4.78 is 33.6. The van der Waals surface area contributed by atoms with Crippen molar-refractivity contribution < 1.29 is 13.2 Å². The summed E-state index contributed by atoms with van der Waals surface area (Å²) in [7, 11) is -3.75. The molecule has 2 aromatic heterocycles. The van der Waals surface area contributed by atoms with Crippen LogP contribution >= 0.6 is 15.9 Å². The third-order valence-corrected chi connectivity index (χ3v) is 5.32. The van der Waals surface area contributed by atoms with Gasteiger partial charge in [0.05, 0.1) is 6.54 Å². The molecule has 6 nitrogen and oxygen atoms in total. The SMILES string of the molecule is CC1(C)CN(S(=O)(=O)c2cccnc2)c2ncc(Br)cc2O1. The second kappa shape index (κ2) is 5.20. The van der Waals surface area contributed by atoms with Crippen molar-refractivity contribution in [3.63, 3.8) is 0 Å². The van der Waals surface area contributed by atoms with E-state index in [0.29, 0.717) is 5.75 Å². The lowest BCUT2D eigenvalue weighted by atomic mass is 10.1. The number of hydrogen-bond donors (Lipinski definition) is 0. The molecule has 0 unspecified atom stereocenters. The van der Waals surface area contributed by atoms with E-state index >= 15 is 0 Å². The van der Waals surface area contributed by atoms with Crippen molar-refractivity contribution >= 4 is 31.8 Å². The van der Waals surface area contributed by atoms with Gasteiger partial charge in [0.2, 0.25) is 0 Å². The molecule has 3 rings (SSSR count). The van der Waals surface area contributed by atoms with Crippen molar-refractivity contribution in [2.75, 3.05) is 10.8 Å². The molecule has 0 amide bonds. The molecular formula is C14H14BrN3O3S. The Bertz CT molecular complexity index is 809. The third kappa shape index (κ3) is 2.68. The fourth-order valence-electron chi connectivity index (χ4n) is 2.25. The molecule has 0 saturated carbocycles. The van der Waals surface area contributed by atoms with Gasteiger partial charge in [-0.15, -0.1) is 0 Å². The highest BCUT2D eigenvalue weighted by Crippen LogP contribution is 2.39. The highest BCUT2D eigenvalue weighted by atomic mass is 79.9. The van der Waals surface area contributed by atoms with Gasteiger partial charge in [0, 0.05) is 23.1 Å². The molecule has 22 heavy (non-hydrogen) atoms. The standard InChI is InChI=1S/C14H14BrN3O3S/c1-14(2)9-18(13-12(21-14)6-10(15)7-17-13)22(19,20)11-4-3-5-16-8-11/h3-8H,9H2,1-2H3. The molecule has 0 aromatic carbocycles. The summed E-state index contributed by atoms with van der Waals surface area (Å²) in [5, 5.41) is 0. The van der Waals surface area contributed by atoms with E-state index < -0.39 is 15.6 Å². The molecule has 0 saturated heterocycles. The fourth-order valence-corrected chi connectivity index (χ4v) is 4.11. The first-order valence-corrected chi connectivity index (χ1v) is 8.80. The summed E-state index contributed by atoms with van der Waals surface area (Å²) >= 11 is 3.32. The number of ether oxygens (including phenoxy) is 1. The zero-order valence-corrected chi connectivity index (χ0v) is 14.4. The molecule has 0 radical (unpaired) electrons. The average molecular weight is 384 g/mol. The Morgan fingerprint density at radius 1 is 1.36 bits per heavy atom. The Balaban J connectivity index is 2.15. The largest absolute Gasteiger partial charge is 0.482 e. The summed E-state index contributed by atoms with van der Waals surface area (Å²) in [5.74, 6) is 0.712. The second-order valence-electron chi connectivity index (χ2n) is 5.54. The summed E-state index contributed by atoms with van der Waals surface area (Å²) in [4.78, 5) is 8.23. The second-order valence-corrected chi connectivity index (χ2v) is 8.32. The van der Waals surface area contributed by atoms with Crippen LogP contribution in [0.3, 0.4) is 0 Å². The predicted molar refractivity (Wildman–Crippen MR) is 85.4 cm³/mol. The highest BCUT2D eigenvalue weighted by Gasteiger charge is 2.39. The number of pyridine rings is 2. The molecule has 0 spiro atoms. The molecule has 8 heteroatoms. The maximum absolute atomic E-state index is 12.9. The van der Waals surface area contributed by atoms with Crippen molar-refractivity contribution in [3.05, 3.63) is 41.3 Å². The topological polar surface area (TPSA) is 72.4 Å². The lowest BCUT2D eigenvalue weighted by Gasteiger charge is -2.39. The van der Waals surface area contributed by atoms with E-state index in [4.69, 9.17) is 4.74 Å². The molecule has 116 valence electrons. The van der Waals surface area contributed by atoms with Gasteiger partial charge in [-0.2, -0.15) is 0 Å². The van der Waals surface area contributed by atoms with Crippen LogP contribution in [0.15, 0.2) is 46.2 Å². The van der Waals surface area contributed by atoms with Gasteiger partial charge in [0.1, 0.15) is 10.5 Å². The average Bonchev–Trinajstić information content (AvgIpc) is 2.46. The number of aromatic nitrogens is 2. The van der Waals surface area contributed by atoms with Gasteiger partial charge in [-0.1, -0.05) is 0 Å². The molecule has 0 fully saturated rings. The smallest absolute Gasteiger partial charge is 0.267 e. The predicted octanol–water partition coefficient (Wildman–Crippen LogP) is 2.61. The van der Waals surface area contributed by atoms with E-state index in [0.717, 1.165) is 4.47 Å². The lowest BCUT2D eigenvalue weighted by Crippen LogP contribution is -2.49. The van der Waals surface area contributed by atoms with E-state index in [1.165, 1.54) is 22.8 Å². The van der Waals surface area contributed by atoms with E-state index in [-0.39, 0.29) is 17.3 Å². The van der Waals surface area contributed by atoms with E-state index in [1.807, 2.05) is 13.8 Å². The number of rotatable bonds is 2. The quantitative estimate of drug-likeness (QED) is 0.796. The number of anilines is 1. The van der Waals surface area contributed by atoms with Gasteiger partial charge in [0.15, 0.2) is 11.6 Å². The third-order valence-electron chi connectivity index (χ3n) is 3.17. The molecule has 2 aromatic rings. The van der Waals surface area contributed by atoms with E-state index in [9.17, 15) is 8.42 Å². The first-order chi connectivity index (χ1) is 10.3. The Morgan fingerprint density at radius 3 is 2.82 bits per heavy atom. The van der Waals surface area contributed by atoms with Crippen molar-refractivity contribution in [2.24, 2.45) is 0 Å². The van der Waals surface area contributed by atoms with Crippen LogP contribution in [0.2, 0.25) is 0 Å². The van der Waals surface area contributed by atoms with Crippen LogP contribution in [-0.2, 0) is 10.0 Å². The summed E-state index contributed by atoms with van der Waals surface area (Å²) in [6.07, 6.45) is 4.41.